The van der Waals surface area contributed by atoms with E-state index in [0.717, 1.165) is 5.69 Å². The van der Waals surface area contributed by atoms with Gasteiger partial charge in [-0.3, -0.25) is 9.78 Å². The summed E-state index contributed by atoms with van der Waals surface area (Å²) >= 11 is 0. The molecular weight excluding hydrogens is 230 g/mol. The van der Waals surface area contributed by atoms with Crippen LogP contribution >= 0.6 is 0 Å². The molecule has 0 unspecified atom stereocenters. The summed E-state index contributed by atoms with van der Waals surface area (Å²) in [5.74, 6) is 0. The van der Waals surface area contributed by atoms with E-state index in [4.69, 9.17) is 0 Å². The zero-order valence-electron chi connectivity index (χ0n) is 10.2. The fourth-order valence-electron chi connectivity index (χ4n) is 1.57. The first-order valence-corrected chi connectivity index (χ1v) is 5.84. The number of hydrogen-bond acceptors (Lipinski definition) is 4. The fraction of sp³-hybridized carbons (Fsp3) is 0.308. The summed E-state index contributed by atoms with van der Waals surface area (Å²) in [6.07, 6.45) is 1.73. The molecule has 1 N–H and O–H groups in total. The fourth-order valence-corrected chi connectivity index (χ4v) is 1.57. The van der Waals surface area contributed by atoms with Gasteiger partial charge in [0.05, 0.1) is 11.8 Å². The molecule has 2 heterocycles. The van der Waals surface area contributed by atoms with Gasteiger partial charge in [-0.25, -0.2) is 4.68 Å². The van der Waals surface area contributed by atoms with Crippen molar-refractivity contribution in [1.82, 2.24) is 14.8 Å². The van der Waals surface area contributed by atoms with Gasteiger partial charge in [0.2, 0.25) is 0 Å². The van der Waals surface area contributed by atoms with Gasteiger partial charge in [-0.1, -0.05) is 6.07 Å². The number of aliphatic hydroxyl groups is 1. The van der Waals surface area contributed by atoms with Crippen molar-refractivity contribution >= 4 is 0 Å². The lowest BCUT2D eigenvalue weighted by Gasteiger charge is -2.07. The molecule has 0 amide bonds. The Balaban J connectivity index is 2.29. The Morgan fingerprint density at radius 3 is 2.78 bits per heavy atom. The van der Waals surface area contributed by atoms with Crippen molar-refractivity contribution in [2.75, 3.05) is 0 Å². The molecule has 5 heteroatoms. The van der Waals surface area contributed by atoms with Gasteiger partial charge in [0.15, 0.2) is 0 Å². The largest absolute Gasteiger partial charge is 0.393 e. The first-order valence-electron chi connectivity index (χ1n) is 5.84. The molecule has 0 fully saturated rings. The maximum absolute atomic E-state index is 11.6. The lowest BCUT2D eigenvalue weighted by molar-refractivity contribution is 0.175. The van der Waals surface area contributed by atoms with E-state index in [2.05, 4.69) is 10.1 Å². The van der Waals surface area contributed by atoms with Crippen molar-refractivity contribution in [2.45, 2.75) is 26.0 Å². The second-order valence-corrected chi connectivity index (χ2v) is 4.13. The summed E-state index contributed by atoms with van der Waals surface area (Å²) in [6, 6.07) is 8.66. The van der Waals surface area contributed by atoms with Crippen LogP contribution in [0.25, 0.3) is 11.4 Å². The molecule has 2 aromatic heterocycles. The molecule has 5 nitrogen and oxygen atoms in total. The minimum atomic E-state index is -0.447. The van der Waals surface area contributed by atoms with Crippen molar-refractivity contribution in [1.29, 1.82) is 0 Å². The van der Waals surface area contributed by atoms with E-state index in [-0.39, 0.29) is 5.56 Å². The van der Waals surface area contributed by atoms with Crippen LogP contribution in [0, 0.1) is 0 Å². The molecule has 0 saturated carbocycles. The van der Waals surface area contributed by atoms with Gasteiger partial charge in [0.1, 0.15) is 5.69 Å². The maximum Gasteiger partial charge on any atom is 0.266 e. The van der Waals surface area contributed by atoms with Gasteiger partial charge in [-0.05, 0) is 31.5 Å². The van der Waals surface area contributed by atoms with Gasteiger partial charge in [-0.15, -0.1) is 0 Å². The topological polar surface area (TPSA) is 68.0 Å². The van der Waals surface area contributed by atoms with Crippen molar-refractivity contribution in [3.8, 4) is 11.4 Å². The normalized spacial score (nSPS) is 12.3. The SMILES string of the molecule is C[C@H](O)CCn1nc(-c2ccccn2)ccc1=O. The zero-order valence-corrected chi connectivity index (χ0v) is 10.2. The highest BCUT2D eigenvalue weighted by Crippen LogP contribution is 2.10. The van der Waals surface area contributed by atoms with E-state index < -0.39 is 6.10 Å². The highest BCUT2D eigenvalue weighted by Gasteiger charge is 2.05. The number of nitrogens with zero attached hydrogens (tertiary/aromatic N) is 3. The first-order chi connectivity index (χ1) is 8.66. The van der Waals surface area contributed by atoms with Crippen molar-refractivity contribution in [3.05, 3.63) is 46.9 Å². The van der Waals surface area contributed by atoms with Crippen LogP contribution in [0.5, 0.6) is 0 Å². The number of hydrogen-bond donors (Lipinski definition) is 1. The van der Waals surface area contributed by atoms with Gasteiger partial charge < -0.3 is 5.11 Å². The van der Waals surface area contributed by atoms with Crippen LogP contribution in [0.2, 0.25) is 0 Å². The third-order valence-electron chi connectivity index (χ3n) is 2.55. The Bertz CT molecular complexity index is 564. The number of aryl methyl sites for hydroxylation is 1. The van der Waals surface area contributed by atoms with Crippen LogP contribution in [0.1, 0.15) is 13.3 Å². The number of aliphatic hydroxyl groups excluding tert-OH is 1. The van der Waals surface area contributed by atoms with Crippen LogP contribution in [0.15, 0.2) is 41.3 Å². The predicted molar refractivity (Wildman–Crippen MR) is 68.0 cm³/mol. The summed E-state index contributed by atoms with van der Waals surface area (Å²) in [4.78, 5) is 15.8. The Morgan fingerprint density at radius 1 is 1.28 bits per heavy atom. The van der Waals surface area contributed by atoms with Crippen LogP contribution in [-0.4, -0.2) is 26.0 Å². The Hall–Kier alpha value is -2.01. The van der Waals surface area contributed by atoms with E-state index >= 15 is 0 Å². The molecule has 1 atom stereocenters. The first kappa shape index (κ1) is 12.4. The molecule has 2 rings (SSSR count). The third kappa shape index (κ3) is 3.01. The molecule has 0 spiro atoms. The van der Waals surface area contributed by atoms with E-state index in [1.165, 1.54) is 10.7 Å². The van der Waals surface area contributed by atoms with Crippen molar-refractivity contribution in [3.63, 3.8) is 0 Å². The van der Waals surface area contributed by atoms with Crippen molar-refractivity contribution < 1.29 is 5.11 Å². The van der Waals surface area contributed by atoms with E-state index in [9.17, 15) is 9.90 Å². The molecule has 18 heavy (non-hydrogen) atoms. The van der Waals surface area contributed by atoms with Crippen molar-refractivity contribution in [2.24, 2.45) is 0 Å². The van der Waals surface area contributed by atoms with E-state index in [0.29, 0.717) is 18.7 Å². The summed E-state index contributed by atoms with van der Waals surface area (Å²) in [5, 5.41) is 13.5. The third-order valence-corrected chi connectivity index (χ3v) is 2.55. The monoisotopic (exact) mass is 245 g/mol. The molecule has 0 aromatic carbocycles. The number of rotatable bonds is 4. The second kappa shape index (κ2) is 5.55. The maximum atomic E-state index is 11.6. The Labute approximate surface area is 105 Å². The predicted octanol–water partition coefficient (Wildman–Crippen LogP) is 1.08. The summed E-state index contributed by atoms with van der Waals surface area (Å²) in [5.41, 5.74) is 1.21. The lowest BCUT2D eigenvalue weighted by Crippen LogP contribution is -2.24. The molecular formula is C13H15N3O2. The average Bonchev–Trinajstić information content (AvgIpc) is 2.38. The summed E-state index contributed by atoms with van der Waals surface area (Å²) in [7, 11) is 0. The van der Waals surface area contributed by atoms with Crippen LogP contribution in [0.4, 0.5) is 0 Å². The molecule has 0 aliphatic rings. The molecule has 0 saturated heterocycles. The molecule has 0 radical (unpaired) electrons. The minimum absolute atomic E-state index is 0.171. The molecule has 2 aromatic rings. The molecule has 0 aliphatic heterocycles. The van der Waals surface area contributed by atoms with Crippen LogP contribution < -0.4 is 5.56 Å². The molecule has 0 bridgehead atoms. The van der Waals surface area contributed by atoms with Crippen LogP contribution in [-0.2, 0) is 6.54 Å². The highest BCUT2D eigenvalue weighted by molar-refractivity contribution is 5.52. The second-order valence-electron chi connectivity index (χ2n) is 4.13. The van der Waals surface area contributed by atoms with Gasteiger partial charge in [0, 0.05) is 18.8 Å². The van der Waals surface area contributed by atoms with E-state index in [1.54, 1.807) is 19.2 Å². The standard InChI is InChI=1S/C13H15N3O2/c1-10(17)7-9-16-13(18)6-5-12(15-16)11-4-2-3-8-14-11/h2-6,8,10,17H,7,9H2,1H3/t10-/m0/s1. The zero-order chi connectivity index (χ0) is 13.0. The lowest BCUT2D eigenvalue weighted by atomic mass is 10.2. The average molecular weight is 245 g/mol. The summed E-state index contributed by atoms with van der Waals surface area (Å²) < 4.78 is 1.36. The number of aromatic nitrogens is 3. The quantitative estimate of drug-likeness (QED) is 0.875. The molecule has 0 aliphatic carbocycles. The minimum Gasteiger partial charge on any atom is -0.393 e. The summed E-state index contributed by atoms with van der Waals surface area (Å²) in [6.45, 7) is 2.09. The Kier molecular flexibility index (Phi) is 3.84. The smallest absolute Gasteiger partial charge is 0.266 e. The van der Waals surface area contributed by atoms with Gasteiger partial charge in [-0.2, -0.15) is 5.10 Å². The van der Waals surface area contributed by atoms with E-state index in [1.807, 2.05) is 18.2 Å². The van der Waals surface area contributed by atoms with Gasteiger partial charge >= 0.3 is 0 Å². The van der Waals surface area contributed by atoms with Gasteiger partial charge in [0.25, 0.3) is 5.56 Å². The Morgan fingerprint density at radius 2 is 2.11 bits per heavy atom. The number of pyridine rings is 1. The molecule has 94 valence electrons. The van der Waals surface area contributed by atoms with Crippen LogP contribution in [0.3, 0.4) is 0 Å². The highest BCUT2D eigenvalue weighted by atomic mass is 16.3.